The first kappa shape index (κ1) is 43.1. The molecule has 1 nitrogen and oxygen atoms in total. The molecule has 0 amide bonds. The average Bonchev–Trinajstić information content (AvgIpc) is 3.40. The summed E-state index contributed by atoms with van der Waals surface area (Å²) in [4.78, 5) is 2.39. The largest absolute Gasteiger partial charge is 0.310 e. The molecule has 11 aromatic rings. The minimum absolute atomic E-state index is 1.13. The van der Waals surface area contributed by atoms with Gasteiger partial charge in [0.1, 0.15) is 0 Å². The van der Waals surface area contributed by atoms with Crippen molar-refractivity contribution in [2.45, 2.75) is 27.7 Å². The van der Waals surface area contributed by atoms with Crippen molar-refractivity contribution < 1.29 is 0 Å². The highest BCUT2D eigenvalue weighted by atomic mass is 15.2. The van der Waals surface area contributed by atoms with Gasteiger partial charge in [0.15, 0.2) is 0 Å². The van der Waals surface area contributed by atoms with E-state index >= 15 is 0 Å². The molecular weight excluding hydrogens is 831 g/mol. The van der Waals surface area contributed by atoms with Crippen LogP contribution in [0.2, 0.25) is 0 Å². The van der Waals surface area contributed by atoms with Gasteiger partial charge in [-0.3, -0.25) is 0 Å². The van der Waals surface area contributed by atoms with Crippen LogP contribution in [0, 0.1) is 6.92 Å². The molecule has 0 saturated carbocycles. The molecule has 0 spiro atoms. The Kier molecular flexibility index (Phi) is 11.6. The summed E-state index contributed by atoms with van der Waals surface area (Å²) in [5.74, 6) is 0. The number of anilines is 2. The summed E-state index contributed by atoms with van der Waals surface area (Å²) >= 11 is 0. The van der Waals surface area contributed by atoms with E-state index in [9.17, 15) is 0 Å². The Labute approximate surface area is 406 Å². The first-order chi connectivity index (χ1) is 34.1. The Morgan fingerprint density at radius 3 is 1.35 bits per heavy atom. The van der Waals surface area contributed by atoms with Crippen molar-refractivity contribution in [1.29, 1.82) is 0 Å². The molecule has 0 radical (unpaired) electrons. The molecule has 0 saturated heterocycles. The number of fused-ring (bicyclic) bond motifs is 5. The van der Waals surface area contributed by atoms with Gasteiger partial charge in [-0.15, -0.1) is 0 Å². The molecule has 11 rings (SSSR count). The zero-order valence-corrected chi connectivity index (χ0v) is 39.6. The molecule has 0 aromatic heterocycles. The van der Waals surface area contributed by atoms with E-state index < -0.39 is 0 Å². The van der Waals surface area contributed by atoms with Gasteiger partial charge < -0.3 is 4.90 Å². The minimum Gasteiger partial charge on any atom is -0.310 e. The molecule has 330 valence electrons. The Bertz CT molecular complexity index is 3770. The first-order valence-corrected chi connectivity index (χ1v) is 24.1. The van der Waals surface area contributed by atoms with E-state index in [1.54, 1.807) is 0 Å². The lowest BCUT2D eigenvalue weighted by Crippen LogP contribution is -2.16. The number of hydrogen-bond acceptors (Lipinski definition) is 1. The SMILES string of the molecule is C/C=C/C=C\C(=C/C)c1c2ccccc2c(-c2ccc3cc(-c4c5ccccc5c(-c5cccc(/C(=C\C)N(c6ccccc6)c6ccccc6C)c5)c5ccccc45)ccc3c2)c2ccccc12. The van der Waals surface area contributed by atoms with Crippen molar-refractivity contribution in [2.24, 2.45) is 0 Å². The highest BCUT2D eigenvalue weighted by Gasteiger charge is 2.22. The fourth-order valence-electron chi connectivity index (χ4n) is 10.7. The lowest BCUT2D eigenvalue weighted by atomic mass is 9.84. The standard InChI is InChI=1S/C68H53N/c1-5-8-10-25-47(6-2)65-55-30-14-16-32-57(55)67(58-33-17-15-31-56(58)65)52-41-39-49-44-53(42-40-48(49)43-52)68-61-36-20-18-34-59(61)66(60-35-19-21-37-62(60)68)51-27-23-26-50(45-51)63(7-3)69(54-28-11-9-12-29-54)64-38-22-13-24-46(64)4/h5-45H,1-4H3/b8-5+,25-10-,47-6+,63-7+. The lowest BCUT2D eigenvalue weighted by molar-refractivity contribution is 1.25. The molecule has 0 atom stereocenters. The van der Waals surface area contributed by atoms with Gasteiger partial charge in [0.25, 0.3) is 0 Å². The summed E-state index contributed by atoms with van der Waals surface area (Å²) in [6.45, 7) is 8.53. The van der Waals surface area contributed by atoms with Gasteiger partial charge >= 0.3 is 0 Å². The van der Waals surface area contributed by atoms with Crippen molar-refractivity contribution >= 4 is 76.5 Å². The van der Waals surface area contributed by atoms with Gasteiger partial charge in [-0.1, -0.05) is 212 Å². The summed E-state index contributed by atoms with van der Waals surface area (Å²) in [5, 5.41) is 12.4. The Balaban J connectivity index is 1.04. The zero-order chi connectivity index (χ0) is 46.8. The summed E-state index contributed by atoms with van der Waals surface area (Å²) in [7, 11) is 0. The van der Waals surface area contributed by atoms with Crippen LogP contribution in [-0.2, 0) is 0 Å². The number of para-hydroxylation sites is 2. The summed E-state index contributed by atoms with van der Waals surface area (Å²) in [6, 6.07) is 78.3. The number of rotatable bonds is 10. The number of benzene rings is 11. The number of aryl methyl sites for hydroxylation is 1. The molecule has 11 aromatic carbocycles. The van der Waals surface area contributed by atoms with Crippen LogP contribution in [0.1, 0.15) is 37.5 Å². The molecule has 69 heavy (non-hydrogen) atoms. The molecule has 0 fully saturated rings. The maximum atomic E-state index is 2.39. The van der Waals surface area contributed by atoms with Crippen LogP contribution in [0.5, 0.6) is 0 Å². The maximum absolute atomic E-state index is 2.39. The van der Waals surface area contributed by atoms with Crippen molar-refractivity contribution in [2.75, 3.05) is 4.90 Å². The second-order valence-electron chi connectivity index (χ2n) is 17.8. The van der Waals surface area contributed by atoms with Crippen LogP contribution >= 0.6 is 0 Å². The monoisotopic (exact) mass is 883 g/mol. The second-order valence-corrected chi connectivity index (χ2v) is 17.8. The Hall–Kier alpha value is -8.52. The van der Waals surface area contributed by atoms with Gasteiger partial charge in [0.05, 0.1) is 0 Å². The fraction of sp³-hybridized carbons (Fsp3) is 0.0588. The number of allylic oxidation sites excluding steroid dienone is 7. The van der Waals surface area contributed by atoms with Crippen LogP contribution in [0.25, 0.3) is 98.5 Å². The summed E-state index contributed by atoms with van der Waals surface area (Å²) in [6.07, 6.45) is 13.0. The topological polar surface area (TPSA) is 3.24 Å². The summed E-state index contributed by atoms with van der Waals surface area (Å²) < 4.78 is 0. The van der Waals surface area contributed by atoms with Gasteiger partial charge in [-0.2, -0.15) is 0 Å². The molecule has 0 aliphatic heterocycles. The highest BCUT2D eigenvalue weighted by Crippen LogP contribution is 2.47. The molecule has 0 aliphatic rings. The molecule has 0 aliphatic carbocycles. The predicted molar refractivity (Wildman–Crippen MR) is 301 cm³/mol. The van der Waals surface area contributed by atoms with Crippen molar-refractivity contribution in [3.05, 3.63) is 265 Å². The van der Waals surface area contributed by atoms with E-state index in [-0.39, 0.29) is 0 Å². The molecule has 1 heteroatoms. The van der Waals surface area contributed by atoms with Crippen LogP contribution < -0.4 is 4.90 Å². The molecule has 0 N–H and O–H groups in total. The van der Waals surface area contributed by atoms with Crippen molar-refractivity contribution in [1.82, 2.24) is 0 Å². The summed E-state index contributed by atoms with van der Waals surface area (Å²) in [5.41, 5.74) is 15.7. The lowest BCUT2D eigenvalue weighted by Gasteiger charge is -2.30. The van der Waals surface area contributed by atoms with E-state index in [0.29, 0.717) is 0 Å². The first-order valence-electron chi connectivity index (χ1n) is 24.1. The average molecular weight is 884 g/mol. The fourth-order valence-corrected chi connectivity index (χ4v) is 10.7. The maximum Gasteiger partial charge on any atom is 0.0491 e. The van der Waals surface area contributed by atoms with E-state index in [1.165, 1.54) is 104 Å². The third-order valence-electron chi connectivity index (χ3n) is 13.8. The van der Waals surface area contributed by atoms with Crippen LogP contribution in [0.4, 0.5) is 11.4 Å². The van der Waals surface area contributed by atoms with Gasteiger partial charge in [0.2, 0.25) is 0 Å². The number of nitrogens with zero attached hydrogens (tertiary/aromatic N) is 1. The normalized spacial score (nSPS) is 12.4. The molecular formula is C68H53N. The molecule has 0 heterocycles. The second kappa shape index (κ2) is 18.6. The van der Waals surface area contributed by atoms with Gasteiger partial charge in [-0.25, -0.2) is 0 Å². The zero-order valence-electron chi connectivity index (χ0n) is 39.6. The third kappa shape index (κ3) is 7.73. The Morgan fingerprint density at radius 2 is 0.855 bits per heavy atom. The van der Waals surface area contributed by atoms with Crippen LogP contribution in [0.15, 0.2) is 249 Å². The number of hydrogen-bond donors (Lipinski definition) is 0. The minimum atomic E-state index is 1.13. The van der Waals surface area contributed by atoms with Crippen molar-refractivity contribution in [3.63, 3.8) is 0 Å². The van der Waals surface area contributed by atoms with E-state index in [1.807, 2.05) is 0 Å². The molecule has 0 unspecified atom stereocenters. The van der Waals surface area contributed by atoms with E-state index in [2.05, 4.69) is 281 Å². The third-order valence-corrected chi connectivity index (χ3v) is 13.8. The van der Waals surface area contributed by atoms with E-state index in [4.69, 9.17) is 0 Å². The van der Waals surface area contributed by atoms with Gasteiger partial charge in [-0.05, 0) is 174 Å². The quantitative estimate of drug-likeness (QED) is 0.0977. The Morgan fingerprint density at radius 1 is 0.391 bits per heavy atom. The smallest absolute Gasteiger partial charge is 0.0491 e. The van der Waals surface area contributed by atoms with Crippen LogP contribution in [0.3, 0.4) is 0 Å². The van der Waals surface area contributed by atoms with Gasteiger partial charge in [0, 0.05) is 17.1 Å². The molecule has 0 bridgehead atoms. The van der Waals surface area contributed by atoms with E-state index in [0.717, 1.165) is 22.6 Å². The van der Waals surface area contributed by atoms with Crippen molar-refractivity contribution in [3.8, 4) is 33.4 Å². The highest BCUT2D eigenvalue weighted by molar-refractivity contribution is 6.23. The van der Waals surface area contributed by atoms with Crippen LogP contribution in [-0.4, -0.2) is 0 Å². The predicted octanol–water partition coefficient (Wildman–Crippen LogP) is 19.5.